The highest BCUT2D eigenvalue weighted by molar-refractivity contribution is 7.89. The Morgan fingerprint density at radius 1 is 0.920 bits per heavy atom. The van der Waals surface area contributed by atoms with Gasteiger partial charge >= 0.3 is 0 Å². The lowest BCUT2D eigenvalue weighted by Crippen LogP contribution is -2.32. The van der Waals surface area contributed by atoms with E-state index in [4.69, 9.17) is 0 Å². The molecule has 0 bridgehead atoms. The molecule has 0 N–H and O–H groups in total. The van der Waals surface area contributed by atoms with E-state index in [0.29, 0.717) is 23.9 Å². The lowest BCUT2D eigenvalue weighted by Gasteiger charge is -2.20. The second kappa shape index (κ2) is 7.54. The Kier molecular flexibility index (Phi) is 5.40. The van der Waals surface area contributed by atoms with E-state index in [1.807, 2.05) is 30.3 Å². The minimum Gasteiger partial charge on any atom is -0.207 e. The highest BCUT2D eigenvalue weighted by Gasteiger charge is 2.25. The molecule has 1 heterocycles. The SMILES string of the molecule is CC(C)c1ccc(S(=O)(=O)N2CCC=C(c3ccccc3)CC2)cc1. The third-order valence-electron chi connectivity index (χ3n) is 4.73. The smallest absolute Gasteiger partial charge is 0.207 e. The van der Waals surface area contributed by atoms with Crippen molar-refractivity contribution < 1.29 is 8.42 Å². The zero-order valence-electron chi connectivity index (χ0n) is 14.9. The zero-order valence-corrected chi connectivity index (χ0v) is 15.7. The Balaban J connectivity index is 1.76. The first-order valence-corrected chi connectivity index (χ1v) is 10.3. The molecule has 0 fully saturated rings. The van der Waals surface area contributed by atoms with Crippen molar-refractivity contribution >= 4 is 15.6 Å². The molecule has 2 aromatic rings. The number of hydrogen-bond acceptors (Lipinski definition) is 2. The molecule has 0 saturated carbocycles. The van der Waals surface area contributed by atoms with Crippen LogP contribution >= 0.6 is 0 Å². The third-order valence-corrected chi connectivity index (χ3v) is 6.64. The van der Waals surface area contributed by atoms with Crippen molar-refractivity contribution in [3.63, 3.8) is 0 Å². The summed E-state index contributed by atoms with van der Waals surface area (Å²) in [5.74, 6) is 0.396. The Morgan fingerprint density at radius 3 is 2.24 bits per heavy atom. The van der Waals surface area contributed by atoms with Gasteiger partial charge in [0.1, 0.15) is 0 Å². The molecule has 25 heavy (non-hydrogen) atoms. The predicted molar refractivity (Wildman–Crippen MR) is 103 cm³/mol. The second-order valence-electron chi connectivity index (χ2n) is 6.76. The molecular weight excluding hydrogens is 330 g/mol. The second-order valence-corrected chi connectivity index (χ2v) is 8.70. The van der Waals surface area contributed by atoms with Crippen molar-refractivity contribution in [2.24, 2.45) is 0 Å². The van der Waals surface area contributed by atoms with Gasteiger partial charge in [0.2, 0.25) is 10.0 Å². The maximum Gasteiger partial charge on any atom is 0.243 e. The van der Waals surface area contributed by atoms with E-state index in [1.54, 1.807) is 16.4 Å². The van der Waals surface area contributed by atoms with Crippen molar-refractivity contribution in [1.82, 2.24) is 4.31 Å². The predicted octanol–water partition coefficient (Wildman–Crippen LogP) is 4.68. The van der Waals surface area contributed by atoms with Gasteiger partial charge in [-0.1, -0.05) is 62.4 Å². The summed E-state index contributed by atoms with van der Waals surface area (Å²) in [7, 11) is -3.43. The fraction of sp³-hybridized carbons (Fsp3) is 0.333. The van der Waals surface area contributed by atoms with Crippen LogP contribution in [0.4, 0.5) is 0 Å². The molecule has 0 radical (unpaired) electrons. The first-order chi connectivity index (χ1) is 12.0. The van der Waals surface area contributed by atoms with Crippen LogP contribution in [0, 0.1) is 0 Å². The van der Waals surface area contributed by atoms with Gasteiger partial charge in [0, 0.05) is 13.1 Å². The minimum absolute atomic E-state index is 0.389. The molecule has 2 aromatic carbocycles. The highest BCUT2D eigenvalue weighted by atomic mass is 32.2. The van der Waals surface area contributed by atoms with Gasteiger partial charge < -0.3 is 0 Å². The molecule has 0 atom stereocenters. The summed E-state index contributed by atoms with van der Waals surface area (Å²) in [4.78, 5) is 0.389. The molecular formula is C21H25NO2S. The molecule has 0 aromatic heterocycles. The number of benzene rings is 2. The average molecular weight is 356 g/mol. The van der Waals surface area contributed by atoms with Crippen LogP contribution in [-0.4, -0.2) is 25.8 Å². The van der Waals surface area contributed by atoms with Gasteiger partial charge in [-0.25, -0.2) is 8.42 Å². The maximum atomic E-state index is 13.0. The average Bonchev–Trinajstić information content (AvgIpc) is 2.89. The Morgan fingerprint density at radius 2 is 1.60 bits per heavy atom. The standard InChI is InChI=1S/C21H25NO2S/c1-17(2)18-10-12-21(13-11-18)25(23,24)22-15-6-9-20(14-16-22)19-7-4-3-5-8-19/h3-5,7-13,17H,6,14-16H2,1-2H3. The lowest BCUT2D eigenvalue weighted by molar-refractivity contribution is 0.429. The normalized spacial score (nSPS) is 16.5. The summed E-state index contributed by atoms with van der Waals surface area (Å²) in [6, 6.07) is 17.5. The highest BCUT2D eigenvalue weighted by Crippen LogP contribution is 2.26. The molecule has 0 amide bonds. The van der Waals surface area contributed by atoms with Gasteiger partial charge in [0.15, 0.2) is 0 Å². The van der Waals surface area contributed by atoms with Crippen molar-refractivity contribution in [2.45, 2.75) is 37.5 Å². The van der Waals surface area contributed by atoms with Gasteiger partial charge in [-0.3, -0.25) is 0 Å². The molecule has 0 spiro atoms. The summed E-state index contributed by atoms with van der Waals surface area (Å²) in [5, 5.41) is 0. The summed E-state index contributed by atoms with van der Waals surface area (Å²) in [5.41, 5.74) is 3.57. The van der Waals surface area contributed by atoms with Crippen LogP contribution in [0.3, 0.4) is 0 Å². The molecule has 3 rings (SSSR count). The molecule has 3 nitrogen and oxygen atoms in total. The number of hydrogen-bond donors (Lipinski definition) is 0. The van der Waals surface area contributed by atoms with Crippen LogP contribution in [0.1, 0.15) is 43.7 Å². The first kappa shape index (κ1) is 17.9. The molecule has 0 aliphatic carbocycles. The van der Waals surface area contributed by atoms with Gasteiger partial charge in [-0.2, -0.15) is 4.31 Å². The minimum atomic E-state index is -3.43. The van der Waals surface area contributed by atoms with Crippen molar-refractivity contribution in [2.75, 3.05) is 13.1 Å². The van der Waals surface area contributed by atoms with Crippen LogP contribution in [0.15, 0.2) is 65.6 Å². The van der Waals surface area contributed by atoms with Crippen molar-refractivity contribution in [3.8, 4) is 0 Å². The molecule has 0 saturated heterocycles. The van der Waals surface area contributed by atoms with E-state index >= 15 is 0 Å². The van der Waals surface area contributed by atoms with Crippen LogP contribution in [0.5, 0.6) is 0 Å². The van der Waals surface area contributed by atoms with Crippen molar-refractivity contribution in [1.29, 1.82) is 0 Å². The van der Waals surface area contributed by atoms with Gasteiger partial charge in [-0.15, -0.1) is 0 Å². The summed E-state index contributed by atoms with van der Waals surface area (Å²) in [6.45, 7) is 5.27. The van der Waals surface area contributed by atoms with Crippen LogP contribution < -0.4 is 0 Å². The third kappa shape index (κ3) is 4.02. The van der Waals surface area contributed by atoms with E-state index in [1.165, 1.54) is 11.1 Å². The van der Waals surface area contributed by atoms with Crippen molar-refractivity contribution in [3.05, 3.63) is 71.8 Å². The largest absolute Gasteiger partial charge is 0.243 e. The Hall–Kier alpha value is -1.91. The Labute approximate surface area is 151 Å². The number of sulfonamides is 1. The molecule has 132 valence electrons. The van der Waals surface area contributed by atoms with Gasteiger partial charge in [0.25, 0.3) is 0 Å². The molecule has 1 aliphatic rings. The quantitative estimate of drug-likeness (QED) is 0.799. The molecule has 4 heteroatoms. The van der Waals surface area contributed by atoms with Crippen LogP contribution in [-0.2, 0) is 10.0 Å². The maximum absolute atomic E-state index is 13.0. The zero-order chi connectivity index (χ0) is 17.9. The van der Waals surface area contributed by atoms with E-state index < -0.39 is 10.0 Å². The molecule has 1 aliphatic heterocycles. The van der Waals surface area contributed by atoms with Crippen LogP contribution in [0.25, 0.3) is 5.57 Å². The van der Waals surface area contributed by atoms with E-state index in [9.17, 15) is 8.42 Å². The van der Waals surface area contributed by atoms with E-state index in [2.05, 4.69) is 32.1 Å². The lowest BCUT2D eigenvalue weighted by atomic mass is 10.0. The fourth-order valence-corrected chi connectivity index (χ4v) is 4.63. The first-order valence-electron chi connectivity index (χ1n) is 8.83. The van der Waals surface area contributed by atoms with Gasteiger partial charge in [0.05, 0.1) is 4.90 Å². The summed E-state index contributed by atoms with van der Waals surface area (Å²) >= 11 is 0. The molecule has 0 unspecified atom stereocenters. The van der Waals surface area contributed by atoms with E-state index in [0.717, 1.165) is 18.4 Å². The Bertz CT molecular complexity index is 837. The monoisotopic (exact) mass is 355 g/mol. The topological polar surface area (TPSA) is 37.4 Å². The number of nitrogens with zero attached hydrogens (tertiary/aromatic N) is 1. The van der Waals surface area contributed by atoms with E-state index in [-0.39, 0.29) is 0 Å². The summed E-state index contributed by atoms with van der Waals surface area (Å²) in [6.07, 6.45) is 3.66. The van der Waals surface area contributed by atoms with Crippen LogP contribution in [0.2, 0.25) is 0 Å². The van der Waals surface area contributed by atoms with Gasteiger partial charge in [-0.05, 0) is 47.6 Å². The summed E-state index contributed by atoms with van der Waals surface area (Å²) < 4.78 is 27.5. The number of rotatable bonds is 4. The fourth-order valence-electron chi connectivity index (χ4n) is 3.17.